The van der Waals surface area contributed by atoms with Gasteiger partial charge in [-0.2, -0.15) is 17.0 Å². The highest BCUT2D eigenvalue weighted by Crippen LogP contribution is 2.64. The van der Waals surface area contributed by atoms with E-state index in [1.54, 1.807) is 15.7 Å². The molecule has 0 bridgehead atoms. The zero-order valence-electron chi connectivity index (χ0n) is 17.7. The Labute approximate surface area is 175 Å². The number of piperidine rings is 1. The first-order valence-electron chi connectivity index (χ1n) is 11.7. The number of nitrogens with zero attached hydrogens (tertiary/aromatic N) is 5. The average molecular weight is 422 g/mol. The Morgan fingerprint density at radius 2 is 1.69 bits per heavy atom. The first-order valence-corrected chi connectivity index (χ1v) is 13.1. The minimum Gasteiger partial charge on any atom is -0.315 e. The fourth-order valence-corrected chi connectivity index (χ4v) is 7.60. The Balaban J connectivity index is 1.24. The topological polar surface area (TPSA) is 71.3 Å². The standard InChI is InChI=1S/C21H35N5O2S/c1-24(17-8-4-2-5-9-17)29(27,28)25-14-11-21(12-15-25)16-18(21)20-23-22-19-10-6-3-7-13-26(19)20/h17-18H,2-16H2,1H3. The largest absolute Gasteiger partial charge is 0.315 e. The maximum absolute atomic E-state index is 13.2. The lowest BCUT2D eigenvalue weighted by Crippen LogP contribution is -2.49. The number of aromatic nitrogens is 3. The van der Waals surface area contributed by atoms with Crippen LogP contribution in [0.1, 0.15) is 88.2 Å². The summed E-state index contributed by atoms with van der Waals surface area (Å²) in [5, 5.41) is 9.07. The van der Waals surface area contributed by atoms with E-state index in [1.807, 2.05) is 0 Å². The monoisotopic (exact) mass is 421 g/mol. The van der Waals surface area contributed by atoms with E-state index in [4.69, 9.17) is 0 Å². The van der Waals surface area contributed by atoms with Gasteiger partial charge in [0.2, 0.25) is 0 Å². The molecule has 8 heteroatoms. The van der Waals surface area contributed by atoms with Crippen molar-refractivity contribution in [3.8, 4) is 0 Å². The van der Waals surface area contributed by atoms with Crippen molar-refractivity contribution in [3.63, 3.8) is 0 Å². The molecular formula is C21H35N5O2S. The molecule has 162 valence electrons. The van der Waals surface area contributed by atoms with Crippen molar-refractivity contribution in [2.45, 2.75) is 95.6 Å². The molecule has 0 N–H and O–H groups in total. The van der Waals surface area contributed by atoms with Gasteiger partial charge < -0.3 is 4.57 Å². The molecule has 3 fully saturated rings. The normalized spacial score (nSPS) is 28.4. The first kappa shape index (κ1) is 19.9. The van der Waals surface area contributed by atoms with Crippen LogP contribution >= 0.6 is 0 Å². The summed E-state index contributed by atoms with van der Waals surface area (Å²) in [5.74, 6) is 2.81. The Kier molecular flexibility index (Phi) is 5.23. The fourth-order valence-electron chi connectivity index (χ4n) is 6.01. The van der Waals surface area contributed by atoms with Crippen molar-refractivity contribution in [1.82, 2.24) is 23.4 Å². The van der Waals surface area contributed by atoms with Crippen molar-refractivity contribution in [3.05, 3.63) is 11.6 Å². The average Bonchev–Trinajstić information content (AvgIpc) is 3.37. The summed E-state index contributed by atoms with van der Waals surface area (Å²) >= 11 is 0. The van der Waals surface area contributed by atoms with E-state index in [0.717, 1.165) is 63.7 Å². The summed E-state index contributed by atoms with van der Waals surface area (Å²) in [6.45, 7) is 2.35. The zero-order chi connectivity index (χ0) is 20.1. The van der Waals surface area contributed by atoms with Crippen LogP contribution in [0.3, 0.4) is 0 Å². The first-order chi connectivity index (χ1) is 14.0. The highest BCUT2D eigenvalue weighted by atomic mass is 32.2. The Bertz CT molecular complexity index is 837. The summed E-state index contributed by atoms with van der Waals surface area (Å²) < 4.78 is 32.2. The second-order valence-corrected chi connectivity index (χ2v) is 11.8. The van der Waals surface area contributed by atoms with Gasteiger partial charge in [0.25, 0.3) is 10.2 Å². The van der Waals surface area contributed by atoms with Crippen molar-refractivity contribution in [2.75, 3.05) is 20.1 Å². The number of hydrogen-bond donors (Lipinski definition) is 0. The van der Waals surface area contributed by atoms with Gasteiger partial charge in [-0.1, -0.05) is 25.7 Å². The quantitative estimate of drug-likeness (QED) is 0.749. The molecule has 1 spiro atoms. The molecule has 2 aliphatic carbocycles. The third-order valence-corrected chi connectivity index (χ3v) is 10.2. The van der Waals surface area contributed by atoms with E-state index < -0.39 is 10.2 Å². The van der Waals surface area contributed by atoms with E-state index in [1.165, 1.54) is 31.5 Å². The molecule has 0 radical (unpaired) electrons. The van der Waals surface area contributed by atoms with Crippen LogP contribution in [0.4, 0.5) is 0 Å². The molecule has 2 saturated carbocycles. The molecule has 2 aliphatic heterocycles. The highest BCUT2D eigenvalue weighted by Gasteiger charge is 2.58. The molecule has 1 aromatic heterocycles. The molecule has 1 unspecified atom stereocenters. The number of rotatable bonds is 4. The molecule has 1 aromatic rings. The fraction of sp³-hybridized carbons (Fsp3) is 0.905. The van der Waals surface area contributed by atoms with Gasteiger partial charge in [-0.05, 0) is 50.4 Å². The lowest BCUT2D eigenvalue weighted by Gasteiger charge is -2.38. The van der Waals surface area contributed by atoms with Gasteiger partial charge in [0.15, 0.2) is 0 Å². The van der Waals surface area contributed by atoms with Crippen molar-refractivity contribution >= 4 is 10.2 Å². The molecular weight excluding hydrogens is 386 g/mol. The predicted molar refractivity (Wildman–Crippen MR) is 112 cm³/mol. The Morgan fingerprint density at radius 1 is 0.966 bits per heavy atom. The van der Waals surface area contributed by atoms with E-state index in [9.17, 15) is 8.42 Å². The van der Waals surface area contributed by atoms with Gasteiger partial charge in [0.05, 0.1) is 0 Å². The minimum absolute atomic E-state index is 0.185. The predicted octanol–water partition coefficient (Wildman–Crippen LogP) is 3.08. The SMILES string of the molecule is CN(C1CCCCC1)S(=O)(=O)N1CCC2(CC1)CC2c1nnc2n1CCCCC2. The van der Waals surface area contributed by atoms with E-state index >= 15 is 0 Å². The Morgan fingerprint density at radius 3 is 2.45 bits per heavy atom. The Hall–Kier alpha value is -0.990. The molecule has 7 nitrogen and oxygen atoms in total. The van der Waals surface area contributed by atoms with Gasteiger partial charge in [-0.15, -0.1) is 10.2 Å². The minimum atomic E-state index is -3.34. The van der Waals surface area contributed by atoms with Crippen molar-refractivity contribution < 1.29 is 8.42 Å². The van der Waals surface area contributed by atoms with Crippen molar-refractivity contribution in [2.24, 2.45) is 5.41 Å². The maximum atomic E-state index is 13.2. The molecule has 5 rings (SSSR count). The van der Waals surface area contributed by atoms with E-state index in [2.05, 4.69) is 14.8 Å². The number of fused-ring (bicyclic) bond motifs is 1. The molecule has 1 atom stereocenters. The molecule has 0 amide bonds. The van der Waals surface area contributed by atoms with Gasteiger partial charge >= 0.3 is 0 Å². The van der Waals surface area contributed by atoms with Crippen LogP contribution in [0.15, 0.2) is 0 Å². The lowest BCUT2D eigenvalue weighted by molar-refractivity contribution is 0.218. The highest BCUT2D eigenvalue weighted by molar-refractivity contribution is 7.86. The summed E-state index contributed by atoms with van der Waals surface area (Å²) in [5.41, 5.74) is 0.255. The second kappa shape index (κ2) is 7.61. The summed E-state index contributed by atoms with van der Waals surface area (Å²) in [4.78, 5) is 0. The van der Waals surface area contributed by atoms with Gasteiger partial charge in [-0.25, -0.2) is 0 Å². The van der Waals surface area contributed by atoms with Gasteiger partial charge in [0.1, 0.15) is 11.6 Å². The molecule has 1 saturated heterocycles. The van der Waals surface area contributed by atoms with Crippen LogP contribution < -0.4 is 0 Å². The summed E-state index contributed by atoms with van der Waals surface area (Å²) in [6, 6.07) is 0.185. The maximum Gasteiger partial charge on any atom is 0.281 e. The van der Waals surface area contributed by atoms with Crippen LogP contribution in [-0.2, 0) is 23.2 Å². The zero-order valence-corrected chi connectivity index (χ0v) is 18.5. The molecule has 3 heterocycles. The summed E-state index contributed by atoms with van der Waals surface area (Å²) in [7, 11) is -1.55. The van der Waals surface area contributed by atoms with Gasteiger partial charge in [-0.3, -0.25) is 0 Å². The van der Waals surface area contributed by atoms with Crippen LogP contribution in [0.25, 0.3) is 0 Å². The third-order valence-electron chi connectivity index (χ3n) is 8.14. The smallest absolute Gasteiger partial charge is 0.281 e. The number of hydrogen-bond acceptors (Lipinski definition) is 4. The van der Waals surface area contributed by atoms with E-state index in [-0.39, 0.29) is 11.5 Å². The molecule has 0 aromatic carbocycles. The number of aryl methyl sites for hydroxylation is 1. The van der Waals surface area contributed by atoms with Crippen LogP contribution in [0.2, 0.25) is 0 Å². The van der Waals surface area contributed by atoms with Crippen LogP contribution in [0.5, 0.6) is 0 Å². The molecule has 29 heavy (non-hydrogen) atoms. The third kappa shape index (κ3) is 3.55. The molecule has 4 aliphatic rings. The lowest BCUT2D eigenvalue weighted by atomic mass is 9.91. The summed E-state index contributed by atoms with van der Waals surface area (Å²) in [6.07, 6.45) is 13.4. The second-order valence-electron chi connectivity index (χ2n) is 9.77. The van der Waals surface area contributed by atoms with E-state index in [0.29, 0.717) is 19.0 Å². The van der Waals surface area contributed by atoms with Crippen LogP contribution in [0, 0.1) is 5.41 Å². The van der Waals surface area contributed by atoms with Gasteiger partial charge in [0, 0.05) is 45.1 Å². The van der Waals surface area contributed by atoms with Crippen molar-refractivity contribution in [1.29, 1.82) is 0 Å². The van der Waals surface area contributed by atoms with Crippen LogP contribution in [-0.4, -0.2) is 58.0 Å².